The minimum absolute atomic E-state index is 0.146. The van der Waals surface area contributed by atoms with Gasteiger partial charge in [-0.3, -0.25) is 4.79 Å². The zero-order chi connectivity index (χ0) is 16.9. The van der Waals surface area contributed by atoms with Gasteiger partial charge in [-0.2, -0.15) is 0 Å². The molecule has 0 bridgehead atoms. The molecular formula is C17H23NO5. The molecule has 0 radical (unpaired) electrons. The quantitative estimate of drug-likeness (QED) is 0.730. The van der Waals surface area contributed by atoms with Gasteiger partial charge >= 0.3 is 5.97 Å². The van der Waals surface area contributed by atoms with Gasteiger partial charge in [0, 0.05) is 12.3 Å². The van der Waals surface area contributed by atoms with Crippen LogP contribution in [0, 0.1) is 5.92 Å². The van der Waals surface area contributed by atoms with Gasteiger partial charge in [-0.15, -0.1) is 0 Å². The van der Waals surface area contributed by atoms with Crippen molar-refractivity contribution in [1.29, 1.82) is 0 Å². The van der Waals surface area contributed by atoms with Crippen LogP contribution in [0.5, 0.6) is 5.75 Å². The van der Waals surface area contributed by atoms with Crippen LogP contribution in [0.1, 0.15) is 33.1 Å². The van der Waals surface area contributed by atoms with Crippen LogP contribution in [0.25, 0.3) is 0 Å². The molecule has 1 fully saturated rings. The maximum absolute atomic E-state index is 12.6. The molecule has 0 aromatic heterocycles. The maximum atomic E-state index is 12.6. The summed E-state index contributed by atoms with van der Waals surface area (Å²) in [6.07, 6.45) is 2.89. The topological polar surface area (TPSA) is 84.9 Å². The molecule has 2 rings (SSSR count). The number of benzene rings is 1. The molecule has 1 amide bonds. The number of carbonyl (C=O) groups excluding carboxylic acids is 1. The highest BCUT2D eigenvalue weighted by atomic mass is 16.5. The van der Waals surface area contributed by atoms with Crippen LogP contribution in [-0.2, 0) is 14.3 Å². The third kappa shape index (κ3) is 4.69. The lowest BCUT2D eigenvalue weighted by Crippen LogP contribution is -2.45. The number of rotatable bonds is 9. The van der Waals surface area contributed by atoms with Gasteiger partial charge in [-0.05, 0) is 56.4 Å². The van der Waals surface area contributed by atoms with E-state index in [9.17, 15) is 9.59 Å². The first-order valence-corrected chi connectivity index (χ1v) is 7.85. The highest BCUT2D eigenvalue weighted by Crippen LogP contribution is 2.42. The second kappa shape index (κ2) is 7.46. The van der Waals surface area contributed by atoms with E-state index < -0.39 is 18.2 Å². The monoisotopic (exact) mass is 321 g/mol. The van der Waals surface area contributed by atoms with Gasteiger partial charge in [-0.1, -0.05) is 6.92 Å². The Hall–Kier alpha value is -2.08. The first kappa shape index (κ1) is 17.3. The number of carboxylic acids is 1. The molecule has 1 aliphatic carbocycles. The Balaban J connectivity index is 1.96. The Bertz CT molecular complexity index is 553. The molecule has 0 saturated heterocycles. The third-order valence-corrected chi connectivity index (χ3v) is 3.89. The standard InChI is InChI=1S/C17H23NO5/c1-3-10-23-17(2,12-4-5-12)16(21)18-13-6-8-14(9-7-13)22-11-15(19)20/h6-9,12H,3-5,10-11H2,1-2H3,(H,18,21)(H,19,20)/t17-/m1/s1. The zero-order valence-corrected chi connectivity index (χ0v) is 13.5. The molecule has 0 unspecified atom stereocenters. The van der Waals surface area contributed by atoms with E-state index in [0.29, 0.717) is 18.0 Å². The summed E-state index contributed by atoms with van der Waals surface area (Å²) in [7, 11) is 0. The summed E-state index contributed by atoms with van der Waals surface area (Å²) >= 11 is 0. The summed E-state index contributed by atoms with van der Waals surface area (Å²) in [5.74, 6) is -0.465. The number of aliphatic carboxylic acids is 1. The molecule has 2 N–H and O–H groups in total. The predicted molar refractivity (Wildman–Crippen MR) is 85.6 cm³/mol. The van der Waals surface area contributed by atoms with E-state index in [1.54, 1.807) is 24.3 Å². The number of hydrogen-bond acceptors (Lipinski definition) is 4. The molecule has 0 spiro atoms. The maximum Gasteiger partial charge on any atom is 0.341 e. The van der Waals surface area contributed by atoms with E-state index in [0.717, 1.165) is 19.3 Å². The van der Waals surface area contributed by atoms with Gasteiger partial charge < -0.3 is 19.9 Å². The molecule has 126 valence electrons. The van der Waals surface area contributed by atoms with Crippen LogP contribution in [0.3, 0.4) is 0 Å². The number of ether oxygens (including phenoxy) is 2. The van der Waals surface area contributed by atoms with Crippen molar-refractivity contribution >= 4 is 17.6 Å². The van der Waals surface area contributed by atoms with Crippen molar-refractivity contribution in [3.05, 3.63) is 24.3 Å². The number of hydrogen-bond donors (Lipinski definition) is 2. The van der Waals surface area contributed by atoms with Crippen LogP contribution in [0.15, 0.2) is 24.3 Å². The third-order valence-electron chi connectivity index (χ3n) is 3.89. The van der Waals surface area contributed by atoms with Crippen LogP contribution in [0.2, 0.25) is 0 Å². The lowest BCUT2D eigenvalue weighted by atomic mass is 9.98. The Kier molecular flexibility index (Phi) is 5.60. The summed E-state index contributed by atoms with van der Waals surface area (Å²) in [5, 5.41) is 11.4. The van der Waals surface area contributed by atoms with Gasteiger partial charge in [0.15, 0.2) is 6.61 Å². The van der Waals surface area contributed by atoms with Crippen molar-refractivity contribution in [3.8, 4) is 5.75 Å². The smallest absolute Gasteiger partial charge is 0.341 e. The van der Waals surface area contributed by atoms with Gasteiger partial charge in [0.1, 0.15) is 11.4 Å². The zero-order valence-electron chi connectivity index (χ0n) is 13.5. The summed E-state index contributed by atoms with van der Waals surface area (Å²) in [6, 6.07) is 6.62. The fraction of sp³-hybridized carbons (Fsp3) is 0.529. The molecule has 6 nitrogen and oxygen atoms in total. The first-order valence-electron chi connectivity index (χ1n) is 7.85. The molecular weight excluding hydrogens is 298 g/mol. The SMILES string of the molecule is CCCO[C@@](C)(C(=O)Nc1ccc(OCC(=O)O)cc1)C1CC1. The second-order valence-electron chi connectivity index (χ2n) is 5.89. The van der Waals surface area contributed by atoms with Crippen LogP contribution >= 0.6 is 0 Å². The number of carboxylic acid groups (broad SMARTS) is 1. The van der Waals surface area contributed by atoms with Crippen LogP contribution in [0.4, 0.5) is 5.69 Å². The summed E-state index contributed by atoms with van der Waals surface area (Å²) in [6.45, 7) is 4.03. The largest absolute Gasteiger partial charge is 0.482 e. The van der Waals surface area contributed by atoms with Crippen LogP contribution in [-0.4, -0.2) is 35.8 Å². The lowest BCUT2D eigenvalue weighted by molar-refractivity contribution is -0.142. The molecule has 1 saturated carbocycles. The summed E-state index contributed by atoms with van der Waals surface area (Å²) in [4.78, 5) is 23.0. The normalized spacial score (nSPS) is 16.4. The van der Waals surface area contributed by atoms with Crippen molar-refractivity contribution in [2.45, 2.75) is 38.7 Å². The van der Waals surface area contributed by atoms with E-state index >= 15 is 0 Å². The van der Waals surface area contributed by atoms with Gasteiger partial charge in [0.25, 0.3) is 5.91 Å². The number of nitrogens with one attached hydrogen (secondary N) is 1. The molecule has 0 heterocycles. The van der Waals surface area contributed by atoms with E-state index in [4.69, 9.17) is 14.6 Å². The molecule has 6 heteroatoms. The molecule has 1 aromatic carbocycles. The Morgan fingerprint density at radius 1 is 1.30 bits per heavy atom. The molecule has 23 heavy (non-hydrogen) atoms. The molecule has 1 aliphatic rings. The minimum atomic E-state index is -1.03. The van der Waals surface area contributed by atoms with E-state index in [1.165, 1.54) is 0 Å². The second-order valence-corrected chi connectivity index (χ2v) is 5.89. The van der Waals surface area contributed by atoms with E-state index in [2.05, 4.69) is 5.32 Å². The van der Waals surface area contributed by atoms with E-state index in [1.807, 2.05) is 13.8 Å². The number of amides is 1. The summed E-state index contributed by atoms with van der Waals surface area (Å²) in [5.41, 5.74) is -0.168. The number of anilines is 1. The minimum Gasteiger partial charge on any atom is -0.482 e. The van der Waals surface area contributed by atoms with Crippen molar-refractivity contribution < 1.29 is 24.2 Å². The predicted octanol–water partition coefficient (Wildman–Crippen LogP) is 2.68. The molecule has 1 aromatic rings. The Labute approximate surface area is 135 Å². The van der Waals surface area contributed by atoms with Gasteiger partial charge in [-0.25, -0.2) is 4.79 Å². The highest BCUT2D eigenvalue weighted by molar-refractivity contribution is 5.97. The van der Waals surface area contributed by atoms with Crippen molar-refractivity contribution in [1.82, 2.24) is 0 Å². The van der Waals surface area contributed by atoms with Crippen molar-refractivity contribution in [3.63, 3.8) is 0 Å². The summed E-state index contributed by atoms with van der Waals surface area (Å²) < 4.78 is 10.9. The average molecular weight is 321 g/mol. The lowest BCUT2D eigenvalue weighted by Gasteiger charge is -2.28. The average Bonchev–Trinajstić information content (AvgIpc) is 3.37. The van der Waals surface area contributed by atoms with Crippen molar-refractivity contribution in [2.75, 3.05) is 18.5 Å². The van der Waals surface area contributed by atoms with E-state index in [-0.39, 0.29) is 11.8 Å². The fourth-order valence-corrected chi connectivity index (χ4v) is 2.35. The fourth-order valence-electron chi connectivity index (χ4n) is 2.35. The highest BCUT2D eigenvalue weighted by Gasteiger charge is 2.48. The molecule has 1 atom stereocenters. The Morgan fingerprint density at radius 2 is 1.96 bits per heavy atom. The molecule has 0 aliphatic heterocycles. The Morgan fingerprint density at radius 3 is 2.48 bits per heavy atom. The van der Waals surface area contributed by atoms with Crippen LogP contribution < -0.4 is 10.1 Å². The first-order chi connectivity index (χ1) is 11.0. The van der Waals surface area contributed by atoms with Gasteiger partial charge in [0.2, 0.25) is 0 Å². The van der Waals surface area contributed by atoms with Gasteiger partial charge in [0.05, 0.1) is 0 Å². The number of carbonyl (C=O) groups is 2. The van der Waals surface area contributed by atoms with Crippen molar-refractivity contribution in [2.24, 2.45) is 5.92 Å².